The van der Waals surface area contributed by atoms with Crippen LogP contribution in [0.3, 0.4) is 0 Å². The Bertz CT molecular complexity index is 709. The minimum atomic E-state index is -3.65. The first-order valence-electron chi connectivity index (χ1n) is 7.03. The predicted molar refractivity (Wildman–Crippen MR) is 83.8 cm³/mol. The van der Waals surface area contributed by atoms with Gasteiger partial charge in [-0.05, 0) is 25.3 Å². The molecule has 0 radical (unpaired) electrons. The summed E-state index contributed by atoms with van der Waals surface area (Å²) in [5.41, 5.74) is -0.0108. The van der Waals surface area contributed by atoms with Crippen molar-refractivity contribution in [3.63, 3.8) is 0 Å². The summed E-state index contributed by atoms with van der Waals surface area (Å²) in [6.07, 6.45) is 3.84. The van der Waals surface area contributed by atoms with Crippen LogP contribution in [0.15, 0.2) is 47.6 Å². The highest BCUT2D eigenvalue weighted by Gasteiger charge is 2.24. The van der Waals surface area contributed by atoms with Crippen molar-refractivity contribution in [2.75, 3.05) is 6.54 Å². The average Bonchev–Trinajstić information content (AvgIpc) is 2.92. The lowest BCUT2D eigenvalue weighted by Crippen LogP contribution is -2.40. The maximum absolute atomic E-state index is 12.1. The molecule has 120 valence electrons. The molecule has 0 amide bonds. The Balaban J connectivity index is 1.91. The summed E-state index contributed by atoms with van der Waals surface area (Å²) in [4.78, 5) is 0.0915. The van der Waals surface area contributed by atoms with Crippen molar-refractivity contribution in [1.29, 1.82) is 0 Å². The maximum Gasteiger partial charge on any atom is 0.243 e. The molecule has 0 bridgehead atoms. The Morgan fingerprint density at radius 3 is 2.59 bits per heavy atom. The van der Waals surface area contributed by atoms with Crippen molar-refractivity contribution in [2.45, 2.75) is 30.3 Å². The molecular formula is C15H21N3O3S. The number of hydrogen-bond acceptors (Lipinski definition) is 4. The molecule has 7 heteroatoms. The van der Waals surface area contributed by atoms with Gasteiger partial charge in [0.1, 0.15) is 4.90 Å². The number of rotatable bonds is 7. The predicted octanol–water partition coefficient (Wildman–Crippen LogP) is 1.08. The third-order valence-electron chi connectivity index (χ3n) is 3.43. The smallest absolute Gasteiger partial charge is 0.243 e. The zero-order valence-corrected chi connectivity index (χ0v) is 13.5. The van der Waals surface area contributed by atoms with Crippen molar-refractivity contribution >= 4 is 10.0 Å². The fourth-order valence-corrected chi connectivity index (χ4v) is 3.16. The van der Waals surface area contributed by atoms with Gasteiger partial charge < -0.3 is 5.11 Å². The van der Waals surface area contributed by atoms with Gasteiger partial charge in [-0.25, -0.2) is 13.1 Å². The highest BCUT2D eigenvalue weighted by molar-refractivity contribution is 7.89. The van der Waals surface area contributed by atoms with Gasteiger partial charge in [0.2, 0.25) is 10.0 Å². The van der Waals surface area contributed by atoms with Gasteiger partial charge in [-0.2, -0.15) is 5.10 Å². The number of hydrogen-bond donors (Lipinski definition) is 2. The summed E-state index contributed by atoms with van der Waals surface area (Å²) in [5.74, 6) is 0. The molecule has 0 aliphatic carbocycles. The SMILES string of the molecule is Cn1cc(S(=O)(=O)NC[C@@](C)(O)CCc2ccccc2)cn1. The first kappa shape index (κ1) is 16.7. The molecule has 0 unspecified atom stereocenters. The quantitative estimate of drug-likeness (QED) is 0.798. The van der Waals surface area contributed by atoms with Crippen LogP contribution < -0.4 is 4.72 Å². The Hall–Kier alpha value is -1.70. The number of aromatic nitrogens is 2. The summed E-state index contributed by atoms with van der Waals surface area (Å²) >= 11 is 0. The lowest BCUT2D eigenvalue weighted by molar-refractivity contribution is 0.0565. The summed E-state index contributed by atoms with van der Waals surface area (Å²) in [5, 5.41) is 14.2. The number of benzene rings is 1. The Labute approximate surface area is 130 Å². The molecule has 1 atom stereocenters. The number of nitrogens with zero attached hydrogens (tertiary/aromatic N) is 2. The van der Waals surface area contributed by atoms with Gasteiger partial charge in [0, 0.05) is 19.8 Å². The largest absolute Gasteiger partial charge is 0.389 e. The molecule has 0 spiro atoms. The van der Waals surface area contributed by atoms with E-state index in [9.17, 15) is 13.5 Å². The Morgan fingerprint density at radius 1 is 1.32 bits per heavy atom. The highest BCUT2D eigenvalue weighted by atomic mass is 32.2. The van der Waals surface area contributed by atoms with Crippen LogP contribution in [0.5, 0.6) is 0 Å². The zero-order chi connectivity index (χ0) is 16.2. The first-order valence-corrected chi connectivity index (χ1v) is 8.51. The summed E-state index contributed by atoms with van der Waals surface area (Å²) in [6, 6.07) is 9.78. The fourth-order valence-electron chi connectivity index (χ4n) is 2.02. The van der Waals surface area contributed by atoms with Crippen molar-refractivity contribution < 1.29 is 13.5 Å². The molecule has 0 fully saturated rings. The molecule has 0 saturated heterocycles. The maximum atomic E-state index is 12.1. The molecule has 2 aromatic rings. The van der Waals surface area contributed by atoms with E-state index >= 15 is 0 Å². The third-order valence-corrected chi connectivity index (χ3v) is 4.79. The molecule has 2 N–H and O–H groups in total. The minimum absolute atomic E-state index is 0.0446. The van der Waals surface area contributed by atoms with E-state index in [-0.39, 0.29) is 11.4 Å². The summed E-state index contributed by atoms with van der Waals surface area (Å²) in [6.45, 7) is 1.58. The molecule has 1 heterocycles. The van der Waals surface area contributed by atoms with Crippen LogP contribution in [-0.4, -0.2) is 35.5 Å². The van der Waals surface area contributed by atoms with Gasteiger partial charge in [0.15, 0.2) is 0 Å². The van der Waals surface area contributed by atoms with E-state index in [1.807, 2.05) is 30.3 Å². The molecule has 22 heavy (non-hydrogen) atoms. The summed E-state index contributed by atoms with van der Waals surface area (Å²) < 4.78 is 28.0. The fraction of sp³-hybridized carbons (Fsp3) is 0.400. The lowest BCUT2D eigenvalue weighted by Gasteiger charge is -2.23. The van der Waals surface area contributed by atoms with Crippen molar-refractivity contribution in [3.05, 3.63) is 48.3 Å². The number of aliphatic hydroxyl groups is 1. The lowest BCUT2D eigenvalue weighted by atomic mass is 9.97. The summed E-state index contributed by atoms with van der Waals surface area (Å²) in [7, 11) is -2.00. The Morgan fingerprint density at radius 2 is 2.00 bits per heavy atom. The molecule has 0 saturated carbocycles. The molecular weight excluding hydrogens is 302 g/mol. The standard InChI is InChI=1S/C15H21N3O3S/c1-15(19,9-8-13-6-4-3-5-7-13)12-17-22(20,21)14-10-16-18(2)11-14/h3-7,10-11,17,19H,8-9,12H2,1-2H3/t15-/m0/s1. The van der Waals surface area contributed by atoms with Crippen LogP contribution in [0, 0.1) is 0 Å². The number of sulfonamides is 1. The van der Waals surface area contributed by atoms with E-state index in [2.05, 4.69) is 9.82 Å². The van der Waals surface area contributed by atoms with Crippen LogP contribution in [0.4, 0.5) is 0 Å². The van der Waals surface area contributed by atoms with Crippen molar-refractivity contribution in [1.82, 2.24) is 14.5 Å². The number of nitrogens with one attached hydrogen (secondary N) is 1. The van der Waals surface area contributed by atoms with E-state index in [0.29, 0.717) is 12.8 Å². The van der Waals surface area contributed by atoms with Gasteiger partial charge in [0.05, 0.1) is 11.8 Å². The van der Waals surface area contributed by atoms with Crippen LogP contribution in [0.2, 0.25) is 0 Å². The number of aryl methyl sites for hydroxylation is 2. The second-order valence-corrected chi connectivity index (χ2v) is 7.42. The normalized spacial score (nSPS) is 14.7. The van der Waals surface area contributed by atoms with E-state index in [1.165, 1.54) is 17.1 Å². The molecule has 2 rings (SSSR count). The molecule has 1 aromatic carbocycles. The van der Waals surface area contributed by atoms with Crippen molar-refractivity contribution in [3.8, 4) is 0 Å². The van der Waals surface area contributed by atoms with Crippen LogP contribution in [0.1, 0.15) is 18.9 Å². The topological polar surface area (TPSA) is 84.2 Å². The van der Waals surface area contributed by atoms with Gasteiger partial charge in [0.25, 0.3) is 0 Å². The van der Waals surface area contributed by atoms with E-state index in [1.54, 1.807) is 14.0 Å². The third kappa shape index (κ3) is 4.66. The second kappa shape index (κ2) is 6.60. The molecule has 6 nitrogen and oxygen atoms in total. The van der Waals surface area contributed by atoms with Gasteiger partial charge in [-0.15, -0.1) is 0 Å². The van der Waals surface area contributed by atoms with Gasteiger partial charge in [-0.1, -0.05) is 30.3 Å². The molecule has 0 aliphatic heterocycles. The highest BCUT2D eigenvalue weighted by Crippen LogP contribution is 2.15. The average molecular weight is 323 g/mol. The van der Waals surface area contributed by atoms with Crippen LogP contribution >= 0.6 is 0 Å². The molecule has 1 aromatic heterocycles. The minimum Gasteiger partial charge on any atom is -0.389 e. The zero-order valence-electron chi connectivity index (χ0n) is 12.7. The van der Waals surface area contributed by atoms with Crippen molar-refractivity contribution in [2.24, 2.45) is 7.05 Å². The van der Waals surface area contributed by atoms with E-state index in [4.69, 9.17) is 0 Å². The second-order valence-electron chi connectivity index (χ2n) is 5.66. The van der Waals surface area contributed by atoms with E-state index in [0.717, 1.165) is 5.56 Å². The van der Waals surface area contributed by atoms with E-state index < -0.39 is 15.6 Å². The van der Waals surface area contributed by atoms with Crippen LogP contribution in [0.25, 0.3) is 0 Å². The van der Waals surface area contributed by atoms with Gasteiger partial charge in [-0.3, -0.25) is 4.68 Å². The Kier molecular flexibility index (Phi) is 5.00. The van der Waals surface area contributed by atoms with Gasteiger partial charge >= 0.3 is 0 Å². The monoisotopic (exact) mass is 323 g/mol. The first-order chi connectivity index (χ1) is 10.3. The molecule has 0 aliphatic rings. The van der Waals surface area contributed by atoms with Crippen LogP contribution in [-0.2, 0) is 23.5 Å².